The van der Waals surface area contributed by atoms with Gasteiger partial charge >= 0.3 is 0 Å². The molecule has 0 radical (unpaired) electrons. The van der Waals surface area contributed by atoms with Crippen LogP contribution in [0.4, 0.5) is 0 Å². The van der Waals surface area contributed by atoms with Gasteiger partial charge in [-0.15, -0.1) is 0 Å². The number of allylic oxidation sites excluding steroid dienone is 1. The van der Waals surface area contributed by atoms with Gasteiger partial charge < -0.3 is 4.90 Å². The van der Waals surface area contributed by atoms with Gasteiger partial charge in [-0.05, 0) is 42.9 Å². The number of fused-ring (bicyclic) bond motifs is 2. The van der Waals surface area contributed by atoms with Crippen molar-refractivity contribution < 1.29 is 4.79 Å². The van der Waals surface area contributed by atoms with Crippen LogP contribution in [0.25, 0.3) is 6.08 Å². The molecule has 0 bridgehead atoms. The first-order valence-corrected chi connectivity index (χ1v) is 9.70. The lowest BCUT2D eigenvalue weighted by atomic mass is 9.74. The minimum atomic E-state index is 0.113. The summed E-state index contributed by atoms with van der Waals surface area (Å²) in [7, 11) is 0. The zero-order chi connectivity index (χ0) is 18.3. The lowest BCUT2D eigenvalue weighted by molar-refractivity contribution is 0.0678. The molecule has 136 valence electrons. The number of amides is 1. The van der Waals surface area contributed by atoms with Crippen molar-refractivity contribution in [3.05, 3.63) is 58.9 Å². The molecule has 1 saturated heterocycles. The molecule has 1 amide bonds. The van der Waals surface area contributed by atoms with Crippen LogP contribution in [-0.4, -0.2) is 33.7 Å². The van der Waals surface area contributed by atoms with Crippen molar-refractivity contribution in [1.82, 2.24) is 14.7 Å². The first-order chi connectivity index (χ1) is 12.5. The first-order valence-electron chi connectivity index (χ1n) is 9.70. The summed E-state index contributed by atoms with van der Waals surface area (Å²) in [5.41, 5.74) is 4.60. The highest BCUT2D eigenvalue weighted by Crippen LogP contribution is 2.43. The molecule has 2 aromatic rings. The maximum Gasteiger partial charge on any atom is 0.272 e. The molecule has 1 aliphatic heterocycles. The molecule has 1 aliphatic carbocycles. The third kappa shape index (κ3) is 2.68. The number of carbonyl (C=O) groups is 1. The maximum absolute atomic E-state index is 13.1. The lowest BCUT2D eigenvalue weighted by Gasteiger charge is -2.39. The Morgan fingerprint density at radius 3 is 2.65 bits per heavy atom. The normalized spacial score (nSPS) is 17.9. The molecule has 2 heterocycles. The maximum atomic E-state index is 13.1. The predicted molar refractivity (Wildman–Crippen MR) is 104 cm³/mol. The highest BCUT2D eigenvalue weighted by atomic mass is 16.2. The van der Waals surface area contributed by atoms with Crippen LogP contribution in [0.5, 0.6) is 0 Å². The van der Waals surface area contributed by atoms with Gasteiger partial charge in [-0.2, -0.15) is 5.10 Å². The lowest BCUT2D eigenvalue weighted by Crippen LogP contribution is -2.44. The molecule has 1 fully saturated rings. The Morgan fingerprint density at radius 1 is 1.23 bits per heavy atom. The van der Waals surface area contributed by atoms with Crippen LogP contribution < -0.4 is 0 Å². The van der Waals surface area contributed by atoms with E-state index in [1.807, 2.05) is 22.6 Å². The zero-order valence-corrected chi connectivity index (χ0v) is 15.9. The van der Waals surface area contributed by atoms with Crippen molar-refractivity contribution >= 4 is 12.0 Å². The topological polar surface area (TPSA) is 38.1 Å². The molecule has 26 heavy (non-hydrogen) atoms. The Bertz CT molecular complexity index is 854. The van der Waals surface area contributed by atoms with Crippen molar-refractivity contribution in [2.45, 2.75) is 51.5 Å². The summed E-state index contributed by atoms with van der Waals surface area (Å²) in [5, 5.41) is 4.60. The van der Waals surface area contributed by atoms with Crippen LogP contribution in [0.3, 0.4) is 0 Å². The molecule has 0 unspecified atom stereocenters. The average Bonchev–Trinajstić information content (AvgIpc) is 3.25. The summed E-state index contributed by atoms with van der Waals surface area (Å²) in [6.45, 7) is 8.59. The quantitative estimate of drug-likeness (QED) is 0.832. The van der Waals surface area contributed by atoms with Crippen LogP contribution in [0, 0.1) is 0 Å². The molecular formula is C22H27N3O. The molecular weight excluding hydrogens is 322 g/mol. The van der Waals surface area contributed by atoms with Crippen LogP contribution >= 0.6 is 0 Å². The Morgan fingerprint density at radius 2 is 1.96 bits per heavy atom. The van der Waals surface area contributed by atoms with Crippen molar-refractivity contribution in [2.24, 2.45) is 0 Å². The summed E-state index contributed by atoms with van der Waals surface area (Å²) in [4.78, 5) is 15.1. The van der Waals surface area contributed by atoms with E-state index in [4.69, 9.17) is 0 Å². The first kappa shape index (κ1) is 17.1. The molecule has 4 nitrogen and oxygen atoms in total. The summed E-state index contributed by atoms with van der Waals surface area (Å²) in [5.74, 6) is 0.454. The van der Waals surface area contributed by atoms with Gasteiger partial charge in [0, 0.05) is 25.0 Å². The number of aromatic nitrogens is 2. The third-order valence-corrected chi connectivity index (χ3v) is 5.93. The van der Waals surface area contributed by atoms with Crippen molar-refractivity contribution in [3.8, 4) is 0 Å². The second-order valence-electron chi connectivity index (χ2n) is 7.79. The zero-order valence-electron chi connectivity index (χ0n) is 15.9. The number of hydrogen-bond acceptors (Lipinski definition) is 2. The van der Waals surface area contributed by atoms with Gasteiger partial charge in [-0.1, -0.05) is 50.3 Å². The van der Waals surface area contributed by atoms with Gasteiger partial charge in [-0.3, -0.25) is 9.48 Å². The SMILES string of the molecule is CCn1nc(C(C)C)cc1C(=O)N1CCC2(C=Cc3ccccc32)CC1. The fourth-order valence-corrected chi connectivity index (χ4v) is 4.27. The van der Waals surface area contributed by atoms with E-state index in [0.29, 0.717) is 5.92 Å². The molecule has 1 aromatic carbocycles. The van der Waals surface area contributed by atoms with Gasteiger partial charge in [0.2, 0.25) is 0 Å². The number of benzene rings is 1. The van der Waals surface area contributed by atoms with Crippen molar-refractivity contribution in [1.29, 1.82) is 0 Å². The van der Waals surface area contributed by atoms with Gasteiger partial charge in [0.05, 0.1) is 5.69 Å². The number of rotatable bonds is 3. The van der Waals surface area contributed by atoms with Crippen LogP contribution in [0.1, 0.15) is 66.8 Å². The van der Waals surface area contributed by atoms with Crippen LogP contribution in [0.15, 0.2) is 36.4 Å². The molecule has 1 spiro atoms. The van der Waals surface area contributed by atoms with E-state index >= 15 is 0 Å². The Kier molecular flexibility index (Phi) is 4.22. The number of aryl methyl sites for hydroxylation is 1. The minimum Gasteiger partial charge on any atom is -0.337 e. The summed E-state index contributed by atoms with van der Waals surface area (Å²) < 4.78 is 1.85. The van der Waals surface area contributed by atoms with E-state index in [1.165, 1.54) is 11.1 Å². The van der Waals surface area contributed by atoms with E-state index in [2.05, 4.69) is 55.4 Å². The van der Waals surface area contributed by atoms with E-state index in [0.717, 1.165) is 43.9 Å². The van der Waals surface area contributed by atoms with Gasteiger partial charge in [-0.25, -0.2) is 0 Å². The second-order valence-corrected chi connectivity index (χ2v) is 7.79. The van der Waals surface area contributed by atoms with Gasteiger partial charge in [0.25, 0.3) is 5.91 Å². The van der Waals surface area contributed by atoms with Crippen LogP contribution in [0.2, 0.25) is 0 Å². The standard InChI is InChI=1S/C22H27N3O/c1-4-25-20(15-19(23-25)16(2)3)21(26)24-13-11-22(12-14-24)10-9-17-7-5-6-8-18(17)22/h5-10,15-16H,4,11-14H2,1-3H3. The molecule has 4 heteroatoms. The van der Waals surface area contributed by atoms with E-state index in [1.54, 1.807) is 0 Å². The smallest absolute Gasteiger partial charge is 0.272 e. The summed E-state index contributed by atoms with van der Waals surface area (Å²) in [6, 6.07) is 10.6. The Labute approximate surface area is 155 Å². The number of hydrogen-bond donors (Lipinski definition) is 0. The predicted octanol–water partition coefficient (Wildman–Crippen LogP) is 4.23. The fourth-order valence-electron chi connectivity index (χ4n) is 4.27. The molecule has 4 rings (SSSR count). The van der Waals surface area contributed by atoms with E-state index in [-0.39, 0.29) is 11.3 Å². The van der Waals surface area contributed by atoms with Crippen molar-refractivity contribution in [3.63, 3.8) is 0 Å². The highest BCUT2D eigenvalue weighted by molar-refractivity contribution is 5.93. The number of piperidine rings is 1. The Balaban J connectivity index is 1.52. The summed E-state index contributed by atoms with van der Waals surface area (Å²) in [6.07, 6.45) is 6.58. The molecule has 2 aliphatic rings. The van der Waals surface area contributed by atoms with E-state index < -0.39 is 0 Å². The van der Waals surface area contributed by atoms with Gasteiger partial charge in [0.1, 0.15) is 5.69 Å². The second kappa shape index (κ2) is 6.42. The summed E-state index contributed by atoms with van der Waals surface area (Å²) >= 11 is 0. The van der Waals surface area contributed by atoms with E-state index in [9.17, 15) is 4.79 Å². The number of carbonyl (C=O) groups excluding carboxylic acids is 1. The Hall–Kier alpha value is -2.36. The monoisotopic (exact) mass is 349 g/mol. The molecule has 0 saturated carbocycles. The minimum absolute atomic E-state index is 0.113. The number of nitrogens with zero attached hydrogens (tertiary/aromatic N) is 3. The number of likely N-dealkylation sites (tertiary alicyclic amines) is 1. The third-order valence-electron chi connectivity index (χ3n) is 5.93. The average molecular weight is 349 g/mol. The largest absolute Gasteiger partial charge is 0.337 e. The molecule has 0 N–H and O–H groups in total. The van der Waals surface area contributed by atoms with Crippen LogP contribution in [-0.2, 0) is 12.0 Å². The molecule has 0 atom stereocenters. The molecule has 1 aromatic heterocycles. The van der Waals surface area contributed by atoms with Crippen molar-refractivity contribution in [2.75, 3.05) is 13.1 Å². The highest BCUT2D eigenvalue weighted by Gasteiger charge is 2.39. The fraction of sp³-hybridized carbons (Fsp3) is 0.455. The van der Waals surface area contributed by atoms with Gasteiger partial charge in [0.15, 0.2) is 0 Å².